The van der Waals surface area contributed by atoms with E-state index in [1.165, 1.54) is 11.3 Å². The lowest BCUT2D eigenvalue weighted by atomic mass is 10.1. The third kappa shape index (κ3) is 5.31. The third-order valence-corrected chi connectivity index (χ3v) is 6.27. The second-order valence-electron chi connectivity index (χ2n) is 7.33. The summed E-state index contributed by atoms with van der Waals surface area (Å²) < 4.78 is 0.746. The SMILES string of the molecule is Cc1cccc(Cl)c1NC(=O)c1ccc2nc(NC(=O)NC(CO)c3ccccc3)sc2c1. The van der Waals surface area contributed by atoms with Gasteiger partial charge in [-0.05, 0) is 42.3 Å². The van der Waals surface area contributed by atoms with Crippen LogP contribution >= 0.6 is 22.9 Å². The number of aromatic nitrogens is 1. The molecule has 1 aromatic heterocycles. The topological polar surface area (TPSA) is 103 Å². The Bertz CT molecular complexity index is 1290. The van der Waals surface area contributed by atoms with E-state index in [2.05, 4.69) is 20.9 Å². The Balaban J connectivity index is 1.46. The summed E-state index contributed by atoms with van der Waals surface area (Å²) in [5.74, 6) is -0.289. The van der Waals surface area contributed by atoms with Crippen molar-refractivity contribution in [3.8, 4) is 0 Å². The summed E-state index contributed by atoms with van der Waals surface area (Å²) in [6, 6.07) is 18.7. The molecule has 0 aliphatic carbocycles. The summed E-state index contributed by atoms with van der Waals surface area (Å²) in [5, 5.41) is 18.8. The Morgan fingerprint density at radius 2 is 1.85 bits per heavy atom. The van der Waals surface area contributed by atoms with Gasteiger partial charge in [-0.15, -0.1) is 0 Å². The molecule has 4 rings (SSSR count). The predicted octanol–water partition coefficient (Wildman–Crippen LogP) is 5.37. The lowest BCUT2D eigenvalue weighted by molar-refractivity contribution is 0.102. The number of hydrogen-bond acceptors (Lipinski definition) is 5. The predicted molar refractivity (Wildman–Crippen MR) is 132 cm³/mol. The van der Waals surface area contributed by atoms with E-state index >= 15 is 0 Å². The van der Waals surface area contributed by atoms with Gasteiger partial charge in [-0.1, -0.05) is 65.4 Å². The average molecular weight is 481 g/mol. The molecule has 0 saturated heterocycles. The molecule has 4 N–H and O–H groups in total. The monoisotopic (exact) mass is 480 g/mol. The number of aliphatic hydroxyl groups excluding tert-OH is 1. The van der Waals surface area contributed by atoms with Gasteiger partial charge in [0.15, 0.2) is 5.13 Å². The van der Waals surface area contributed by atoms with Crippen molar-refractivity contribution < 1.29 is 14.7 Å². The van der Waals surface area contributed by atoms with Crippen LogP contribution in [0.5, 0.6) is 0 Å². The van der Waals surface area contributed by atoms with Crippen LogP contribution in [0, 0.1) is 6.92 Å². The highest BCUT2D eigenvalue weighted by atomic mass is 35.5. The van der Waals surface area contributed by atoms with Gasteiger partial charge in [-0.2, -0.15) is 0 Å². The van der Waals surface area contributed by atoms with E-state index in [9.17, 15) is 14.7 Å². The molecule has 0 aliphatic heterocycles. The largest absolute Gasteiger partial charge is 0.394 e. The number of para-hydroxylation sites is 1. The molecule has 0 bridgehead atoms. The van der Waals surface area contributed by atoms with Crippen LogP contribution in [0.2, 0.25) is 5.02 Å². The highest BCUT2D eigenvalue weighted by Gasteiger charge is 2.16. The number of urea groups is 1. The minimum atomic E-state index is -0.538. The Hall–Kier alpha value is -3.46. The van der Waals surface area contributed by atoms with Crippen molar-refractivity contribution in [2.45, 2.75) is 13.0 Å². The molecule has 7 nitrogen and oxygen atoms in total. The second-order valence-corrected chi connectivity index (χ2v) is 8.77. The minimum absolute atomic E-state index is 0.235. The summed E-state index contributed by atoms with van der Waals surface area (Å²) in [7, 11) is 0. The maximum Gasteiger partial charge on any atom is 0.321 e. The first kappa shape index (κ1) is 22.7. The molecule has 3 amide bonds. The molecule has 0 aliphatic rings. The van der Waals surface area contributed by atoms with Crippen molar-refractivity contribution >= 4 is 55.9 Å². The van der Waals surface area contributed by atoms with Gasteiger partial charge in [0.2, 0.25) is 0 Å². The average Bonchev–Trinajstić information content (AvgIpc) is 3.21. The van der Waals surface area contributed by atoms with Crippen LogP contribution in [0.15, 0.2) is 66.7 Å². The molecule has 33 heavy (non-hydrogen) atoms. The first-order chi connectivity index (χ1) is 15.9. The normalized spacial score (nSPS) is 11.7. The van der Waals surface area contributed by atoms with Crippen LogP contribution in [0.4, 0.5) is 15.6 Å². The van der Waals surface area contributed by atoms with E-state index in [1.54, 1.807) is 24.3 Å². The number of nitrogens with zero attached hydrogens (tertiary/aromatic N) is 1. The van der Waals surface area contributed by atoms with Gasteiger partial charge in [-0.3, -0.25) is 10.1 Å². The summed E-state index contributed by atoms with van der Waals surface area (Å²) >= 11 is 7.46. The Kier molecular flexibility index (Phi) is 6.88. The molecule has 1 unspecified atom stereocenters. The van der Waals surface area contributed by atoms with Crippen molar-refractivity contribution in [1.29, 1.82) is 0 Å². The second kappa shape index (κ2) is 9.99. The van der Waals surface area contributed by atoms with Crippen molar-refractivity contribution in [2.24, 2.45) is 0 Å². The van der Waals surface area contributed by atoms with E-state index in [1.807, 2.05) is 49.4 Å². The van der Waals surface area contributed by atoms with Gasteiger partial charge in [0.1, 0.15) is 0 Å². The van der Waals surface area contributed by atoms with Gasteiger partial charge in [0.25, 0.3) is 5.91 Å². The van der Waals surface area contributed by atoms with E-state index < -0.39 is 12.1 Å². The zero-order valence-electron chi connectivity index (χ0n) is 17.6. The highest BCUT2D eigenvalue weighted by Crippen LogP contribution is 2.29. The summed E-state index contributed by atoms with van der Waals surface area (Å²) in [5.41, 5.74) is 3.34. The van der Waals surface area contributed by atoms with Crippen molar-refractivity contribution in [3.05, 3.63) is 88.4 Å². The summed E-state index contributed by atoms with van der Waals surface area (Å²) in [4.78, 5) is 29.6. The van der Waals surface area contributed by atoms with Crippen molar-refractivity contribution in [2.75, 3.05) is 17.2 Å². The van der Waals surface area contributed by atoms with E-state index in [4.69, 9.17) is 11.6 Å². The van der Waals surface area contributed by atoms with Crippen LogP contribution < -0.4 is 16.0 Å². The molecule has 0 saturated carbocycles. The first-order valence-corrected chi connectivity index (χ1v) is 11.3. The number of nitrogens with one attached hydrogen (secondary N) is 3. The lowest BCUT2D eigenvalue weighted by Gasteiger charge is -2.16. The zero-order valence-corrected chi connectivity index (χ0v) is 19.2. The maximum atomic E-state index is 12.7. The molecule has 1 atom stereocenters. The number of aryl methyl sites for hydroxylation is 1. The fourth-order valence-corrected chi connectivity index (χ4v) is 4.48. The number of thiazole rings is 1. The summed E-state index contributed by atoms with van der Waals surface area (Å²) in [6.07, 6.45) is 0. The minimum Gasteiger partial charge on any atom is -0.394 e. The van der Waals surface area contributed by atoms with Crippen LogP contribution in [-0.2, 0) is 0 Å². The quantitative estimate of drug-likeness (QED) is 0.298. The fraction of sp³-hybridized carbons (Fsp3) is 0.125. The third-order valence-electron chi connectivity index (χ3n) is 5.02. The van der Waals surface area contributed by atoms with E-state index in [-0.39, 0.29) is 12.5 Å². The molecule has 0 fully saturated rings. The van der Waals surface area contributed by atoms with E-state index in [0.29, 0.717) is 26.9 Å². The standard InChI is InChI=1S/C24H21ClN4O3S/c1-14-6-5-9-17(25)21(14)28-22(31)16-10-11-18-20(12-16)33-24(27-18)29-23(32)26-19(13-30)15-7-3-2-4-8-15/h2-12,19,30H,13H2,1H3,(H,28,31)(H2,26,27,29,32). The molecule has 3 aromatic carbocycles. The van der Waals surface area contributed by atoms with Gasteiger partial charge in [0, 0.05) is 5.56 Å². The van der Waals surface area contributed by atoms with Crippen molar-refractivity contribution in [1.82, 2.24) is 10.3 Å². The number of halogens is 1. The number of fused-ring (bicyclic) bond motifs is 1. The molecular weight excluding hydrogens is 460 g/mol. The van der Waals surface area contributed by atoms with Gasteiger partial charge >= 0.3 is 6.03 Å². The van der Waals surface area contributed by atoms with Crippen molar-refractivity contribution in [3.63, 3.8) is 0 Å². The highest BCUT2D eigenvalue weighted by molar-refractivity contribution is 7.22. The molecule has 0 radical (unpaired) electrons. The van der Waals surface area contributed by atoms with Gasteiger partial charge in [-0.25, -0.2) is 9.78 Å². The zero-order chi connectivity index (χ0) is 23.4. The molecule has 9 heteroatoms. The van der Waals surface area contributed by atoms with Crippen LogP contribution in [0.3, 0.4) is 0 Å². The number of amides is 3. The fourth-order valence-electron chi connectivity index (χ4n) is 3.31. The number of benzene rings is 3. The maximum absolute atomic E-state index is 12.7. The van der Waals surface area contributed by atoms with Crippen LogP contribution in [0.1, 0.15) is 27.5 Å². The van der Waals surface area contributed by atoms with Gasteiger partial charge < -0.3 is 15.7 Å². The summed E-state index contributed by atoms with van der Waals surface area (Å²) in [6.45, 7) is 1.64. The smallest absolute Gasteiger partial charge is 0.321 e. The number of hydrogen-bond donors (Lipinski definition) is 4. The number of aliphatic hydroxyl groups is 1. The number of carbonyl (C=O) groups is 2. The lowest BCUT2D eigenvalue weighted by Crippen LogP contribution is -2.34. The Morgan fingerprint density at radius 1 is 1.06 bits per heavy atom. The number of rotatable bonds is 6. The molecular formula is C24H21ClN4O3S. The number of anilines is 2. The molecule has 168 valence electrons. The van der Waals surface area contributed by atoms with Crippen LogP contribution in [-0.4, -0.2) is 28.6 Å². The first-order valence-electron chi connectivity index (χ1n) is 10.1. The molecule has 4 aromatic rings. The number of carbonyl (C=O) groups excluding carboxylic acids is 2. The van der Waals surface area contributed by atoms with E-state index in [0.717, 1.165) is 15.8 Å². The van der Waals surface area contributed by atoms with Crippen LogP contribution in [0.25, 0.3) is 10.2 Å². The Labute approximate surface area is 199 Å². The van der Waals surface area contributed by atoms with Gasteiger partial charge in [0.05, 0.1) is 33.6 Å². The molecule has 1 heterocycles. The molecule has 0 spiro atoms. The Morgan fingerprint density at radius 3 is 2.58 bits per heavy atom.